The summed E-state index contributed by atoms with van der Waals surface area (Å²) in [6.45, 7) is 1.85. The van der Waals surface area contributed by atoms with E-state index in [0.29, 0.717) is 17.7 Å². The summed E-state index contributed by atoms with van der Waals surface area (Å²) in [6, 6.07) is 4.28. The lowest BCUT2D eigenvalue weighted by molar-refractivity contribution is 0.0696. The number of sulfone groups is 1. The number of rotatable bonds is 6. The van der Waals surface area contributed by atoms with Crippen LogP contribution in [0.2, 0.25) is 0 Å². The second kappa shape index (κ2) is 6.24. The van der Waals surface area contributed by atoms with Crippen LogP contribution >= 0.6 is 11.8 Å². The third-order valence-electron chi connectivity index (χ3n) is 2.59. The van der Waals surface area contributed by atoms with E-state index in [1.165, 1.54) is 23.9 Å². The first-order valence-corrected chi connectivity index (χ1v) is 8.55. The van der Waals surface area contributed by atoms with Crippen LogP contribution in [-0.2, 0) is 16.3 Å². The van der Waals surface area contributed by atoms with Crippen molar-refractivity contribution in [3.8, 4) is 0 Å². The first kappa shape index (κ1) is 15.0. The predicted octanol–water partition coefficient (Wildman–Crippen LogP) is 2.08. The van der Waals surface area contributed by atoms with Crippen LogP contribution in [-0.4, -0.2) is 37.3 Å². The summed E-state index contributed by atoms with van der Waals surface area (Å²) in [5.74, 6) is -0.577. The van der Waals surface area contributed by atoms with Gasteiger partial charge in [0.25, 0.3) is 0 Å². The number of hydrogen-bond acceptors (Lipinski definition) is 4. The van der Waals surface area contributed by atoms with E-state index in [2.05, 4.69) is 0 Å². The molecular weight excluding hydrogens is 272 g/mol. The summed E-state index contributed by atoms with van der Waals surface area (Å²) in [7, 11) is -3.41. The Morgan fingerprint density at radius 2 is 2.06 bits per heavy atom. The number of hydrogen-bond donors (Lipinski definition) is 1. The Bertz CT molecular complexity index is 535. The van der Waals surface area contributed by atoms with Gasteiger partial charge in [0.15, 0.2) is 9.84 Å². The largest absolute Gasteiger partial charge is 0.478 e. The molecule has 0 radical (unpaired) electrons. The van der Waals surface area contributed by atoms with Crippen molar-refractivity contribution < 1.29 is 18.3 Å². The SMILES string of the molecule is CCc1ccc(C(=O)O)cc1S(=O)(=O)CCSC. The average Bonchev–Trinajstić information content (AvgIpc) is 2.35. The molecule has 1 aromatic carbocycles. The van der Waals surface area contributed by atoms with Crippen molar-refractivity contribution in [1.29, 1.82) is 0 Å². The van der Waals surface area contributed by atoms with Gasteiger partial charge < -0.3 is 5.11 Å². The lowest BCUT2D eigenvalue weighted by atomic mass is 10.1. The number of carboxylic acid groups (broad SMARTS) is 1. The second-order valence-corrected chi connectivity index (χ2v) is 6.86. The normalized spacial score (nSPS) is 11.4. The second-order valence-electron chi connectivity index (χ2n) is 3.79. The van der Waals surface area contributed by atoms with Gasteiger partial charge in [-0.2, -0.15) is 11.8 Å². The molecule has 100 valence electrons. The van der Waals surface area contributed by atoms with Crippen molar-refractivity contribution in [2.45, 2.75) is 18.2 Å². The van der Waals surface area contributed by atoms with Gasteiger partial charge in [-0.05, 0) is 30.4 Å². The smallest absolute Gasteiger partial charge is 0.335 e. The van der Waals surface area contributed by atoms with E-state index >= 15 is 0 Å². The van der Waals surface area contributed by atoms with Crippen LogP contribution in [0.3, 0.4) is 0 Å². The van der Waals surface area contributed by atoms with Gasteiger partial charge in [0.1, 0.15) is 0 Å². The van der Waals surface area contributed by atoms with E-state index in [1.54, 1.807) is 6.07 Å². The number of thioether (sulfide) groups is 1. The first-order valence-electron chi connectivity index (χ1n) is 5.50. The molecule has 0 aliphatic carbocycles. The van der Waals surface area contributed by atoms with Gasteiger partial charge in [-0.1, -0.05) is 13.0 Å². The number of aromatic carboxylic acids is 1. The van der Waals surface area contributed by atoms with Gasteiger partial charge in [-0.25, -0.2) is 13.2 Å². The Hall–Kier alpha value is -1.01. The van der Waals surface area contributed by atoms with Crippen molar-refractivity contribution in [2.75, 3.05) is 17.8 Å². The first-order chi connectivity index (χ1) is 8.42. The topological polar surface area (TPSA) is 71.4 Å². The number of carboxylic acids is 1. The molecule has 18 heavy (non-hydrogen) atoms. The fourth-order valence-electron chi connectivity index (χ4n) is 1.57. The van der Waals surface area contributed by atoms with E-state index < -0.39 is 15.8 Å². The Labute approximate surface area is 111 Å². The fourth-order valence-corrected chi connectivity index (χ4v) is 4.25. The van der Waals surface area contributed by atoms with Crippen LogP contribution in [0.1, 0.15) is 22.8 Å². The zero-order valence-corrected chi connectivity index (χ0v) is 12.0. The molecule has 0 aliphatic heterocycles. The zero-order chi connectivity index (χ0) is 13.8. The van der Waals surface area contributed by atoms with Crippen LogP contribution in [0.15, 0.2) is 23.1 Å². The highest BCUT2D eigenvalue weighted by molar-refractivity contribution is 8.00. The van der Waals surface area contributed by atoms with Crippen LogP contribution in [0.5, 0.6) is 0 Å². The summed E-state index contributed by atoms with van der Waals surface area (Å²) in [5.41, 5.74) is 0.677. The summed E-state index contributed by atoms with van der Waals surface area (Å²) in [5, 5.41) is 8.92. The summed E-state index contributed by atoms with van der Waals surface area (Å²) < 4.78 is 24.3. The molecule has 0 amide bonds. The fraction of sp³-hybridized carbons (Fsp3) is 0.417. The molecular formula is C12H16O4S2. The van der Waals surface area contributed by atoms with Crippen molar-refractivity contribution >= 4 is 27.6 Å². The number of carbonyl (C=O) groups is 1. The minimum absolute atomic E-state index is 0.00919. The van der Waals surface area contributed by atoms with Gasteiger partial charge in [-0.15, -0.1) is 0 Å². The molecule has 6 heteroatoms. The Kier molecular flexibility index (Phi) is 5.22. The van der Waals surface area contributed by atoms with Gasteiger partial charge >= 0.3 is 5.97 Å². The molecule has 1 aromatic rings. The van der Waals surface area contributed by atoms with Gasteiger partial charge in [0.05, 0.1) is 16.2 Å². The molecule has 0 spiro atoms. The maximum atomic E-state index is 12.1. The highest BCUT2D eigenvalue weighted by Gasteiger charge is 2.19. The van der Waals surface area contributed by atoms with Gasteiger partial charge in [0, 0.05) is 5.75 Å². The quantitative estimate of drug-likeness (QED) is 0.867. The third-order valence-corrected chi connectivity index (χ3v) is 5.25. The zero-order valence-electron chi connectivity index (χ0n) is 10.3. The number of aryl methyl sites for hydroxylation is 1. The van der Waals surface area contributed by atoms with Crippen LogP contribution in [0.4, 0.5) is 0 Å². The molecule has 1 rings (SSSR count). The van der Waals surface area contributed by atoms with Crippen molar-refractivity contribution in [1.82, 2.24) is 0 Å². The van der Waals surface area contributed by atoms with E-state index in [4.69, 9.17) is 5.11 Å². The highest BCUT2D eigenvalue weighted by Crippen LogP contribution is 2.20. The van der Waals surface area contributed by atoms with E-state index in [9.17, 15) is 13.2 Å². The molecule has 0 aliphatic rings. The van der Waals surface area contributed by atoms with Crippen LogP contribution in [0.25, 0.3) is 0 Å². The van der Waals surface area contributed by atoms with Crippen LogP contribution < -0.4 is 0 Å². The highest BCUT2D eigenvalue weighted by atomic mass is 32.2. The molecule has 0 aromatic heterocycles. The molecule has 4 nitrogen and oxygen atoms in total. The minimum Gasteiger partial charge on any atom is -0.478 e. The summed E-state index contributed by atoms with van der Waals surface area (Å²) >= 11 is 1.45. The average molecular weight is 288 g/mol. The van der Waals surface area contributed by atoms with E-state index in [1.807, 2.05) is 13.2 Å². The van der Waals surface area contributed by atoms with Gasteiger partial charge in [-0.3, -0.25) is 0 Å². The Balaban J connectivity index is 3.27. The molecule has 0 saturated carbocycles. The maximum absolute atomic E-state index is 12.1. The molecule has 0 unspecified atom stereocenters. The van der Waals surface area contributed by atoms with E-state index in [-0.39, 0.29) is 16.2 Å². The molecule has 0 atom stereocenters. The molecule has 1 N–H and O–H groups in total. The molecule has 0 fully saturated rings. The van der Waals surface area contributed by atoms with Crippen molar-refractivity contribution in [2.24, 2.45) is 0 Å². The van der Waals surface area contributed by atoms with Crippen molar-refractivity contribution in [3.05, 3.63) is 29.3 Å². The lowest BCUT2D eigenvalue weighted by Gasteiger charge is -2.09. The standard InChI is InChI=1S/C12H16O4S2/c1-3-9-4-5-10(12(13)14)8-11(9)18(15,16)7-6-17-2/h4-5,8H,3,6-7H2,1-2H3,(H,13,14). The summed E-state index contributed by atoms with van der Waals surface area (Å²) in [4.78, 5) is 11.0. The third kappa shape index (κ3) is 3.49. The predicted molar refractivity (Wildman–Crippen MR) is 73.2 cm³/mol. The molecule has 0 heterocycles. The number of benzene rings is 1. The summed E-state index contributed by atoms with van der Waals surface area (Å²) in [6.07, 6.45) is 2.40. The molecule has 0 bridgehead atoms. The Morgan fingerprint density at radius 3 is 2.56 bits per heavy atom. The van der Waals surface area contributed by atoms with E-state index in [0.717, 1.165) is 0 Å². The van der Waals surface area contributed by atoms with Crippen LogP contribution in [0, 0.1) is 0 Å². The Morgan fingerprint density at radius 1 is 1.39 bits per heavy atom. The van der Waals surface area contributed by atoms with Gasteiger partial charge in [0.2, 0.25) is 0 Å². The lowest BCUT2D eigenvalue weighted by Crippen LogP contribution is -2.12. The monoisotopic (exact) mass is 288 g/mol. The molecule has 0 saturated heterocycles. The maximum Gasteiger partial charge on any atom is 0.335 e. The van der Waals surface area contributed by atoms with Crippen molar-refractivity contribution in [3.63, 3.8) is 0 Å². The minimum atomic E-state index is -3.41.